The van der Waals surface area contributed by atoms with E-state index in [1.807, 2.05) is 36.4 Å². The highest BCUT2D eigenvalue weighted by molar-refractivity contribution is 5.95. The van der Waals surface area contributed by atoms with Crippen LogP contribution in [0.15, 0.2) is 70.3 Å². The van der Waals surface area contributed by atoms with E-state index in [2.05, 4.69) is 15.6 Å². The number of nitrogens with zero attached hydrogens (tertiary/aromatic N) is 2. The zero-order chi connectivity index (χ0) is 23.1. The molecule has 0 fully saturated rings. The average molecular weight is 436 g/mol. The van der Waals surface area contributed by atoms with E-state index in [1.165, 1.54) is 11.6 Å². The van der Waals surface area contributed by atoms with Crippen LogP contribution in [-0.4, -0.2) is 35.1 Å². The van der Waals surface area contributed by atoms with Crippen molar-refractivity contribution in [1.82, 2.24) is 14.9 Å². The Morgan fingerprint density at radius 1 is 1.03 bits per heavy atom. The molecule has 0 unspecified atom stereocenters. The largest absolute Gasteiger partial charge is 0.383 e. The summed E-state index contributed by atoms with van der Waals surface area (Å²) in [6.45, 7) is 0.182. The standard InChI is InChI=1S/C22H24N6O4/c1-27(17(29)12-13-24-21(31)25-16-10-6-3-7-11-16)18-19(23)28(22(32)26-20(18)30)14-15-8-4-2-5-9-15/h2-11H,12-14,23H2,1H3,(H2,24,25,31)(H,26,30,32). The van der Waals surface area contributed by atoms with Gasteiger partial charge in [-0.2, -0.15) is 0 Å². The number of nitrogens with one attached hydrogen (secondary N) is 3. The third-order valence-corrected chi connectivity index (χ3v) is 4.76. The number of aromatic amines is 1. The van der Waals surface area contributed by atoms with Crippen molar-refractivity contribution in [2.45, 2.75) is 13.0 Å². The van der Waals surface area contributed by atoms with Gasteiger partial charge in [-0.3, -0.25) is 19.1 Å². The van der Waals surface area contributed by atoms with Crippen LogP contribution in [0.5, 0.6) is 0 Å². The predicted octanol–water partition coefficient (Wildman–Crippen LogP) is 1.34. The van der Waals surface area contributed by atoms with Gasteiger partial charge in [0.25, 0.3) is 5.56 Å². The number of H-pyrrole nitrogens is 1. The molecular weight excluding hydrogens is 412 g/mol. The number of hydrogen-bond donors (Lipinski definition) is 4. The van der Waals surface area contributed by atoms with Crippen LogP contribution < -0.4 is 32.5 Å². The van der Waals surface area contributed by atoms with Gasteiger partial charge < -0.3 is 21.3 Å². The van der Waals surface area contributed by atoms with Gasteiger partial charge in [-0.1, -0.05) is 48.5 Å². The van der Waals surface area contributed by atoms with Crippen LogP contribution in [0.3, 0.4) is 0 Å². The quantitative estimate of drug-likeness (QED) is 0.442. The molecule has 3 aromatic rings. The van der Waals surface area contributed by atoms with Crippen molar-refractivity contribution in [3.05, 3.63) is 87.1 Å². The molecule has 1 aromatic heterocycles. The second-order valence-corrected chi connectivity index (χ2v) is 7.01. The molecule has 1 heterocycles. The third-order valence-electron chi connectivity index (χ3n) is 4.76. The second-order valence-electron chi connectivity index (χ2n) is 7.01. The lowest BCUT2D eigenvalue weighted by molar-refractivity contribution is -0.118. The molecule has 0 aliphatic rings. The molecule has 0 atom stereocenters. The number of hydrogen-bond acceptors (Lipinski definition) is 5. The summed E-state index contributed by atoms with van der Waals surface area (Å²) in [6, 6.07) is 17.5. The lowest BCUT2D eigenvalue weighted by Gasteiger charge is -2.20. The van der Waals surface area contributed by atoms with Crippen molar-refractivity contribution < 1.29 is 9.59 Å². The molecule has 3 rings (SSSR count). The summed E-state index contributed by atoms with van der Waals surface area (Å²) in [5.74, 6) is -0.569. The molecule has 3 amide bonds. The number of para-hydroxylation sites is 1. The Bertz CT molecular complexity index is 1200. The van der Waals surface area contributed by atoms with Crippen molar-refractivity contribution in [3.8, 4) is 0 Å². The lowest BCUT2D eigenvalue weighted by atomic mass is 10.2. The number of carbonyl (C=O) groups is 2. The number of nitrogen functional groups attached to an aromatic ring is 1. The Kier molecular flexibility index (Phi) is 7.06. The van der Waals surface area contributed by atoms with E-state index in [9.17, 15) is 19.2 Å². The Morgan fingerprint density at radius 3 is 2.31 bits per heavy atom. The molecule has 0 saturated heterocycles. The molecule has 32 heavy (non-hydrogen) atoms. The summed E-state index contributed by atoms with van der Waals surface area (Å²) in [5, 5.41) is 5.22. The predicted molar refractivity (Wildman–Crippen MR) is 123 cm³/mol. The summed E-state index contributed by atoms with van der Waals surface area (Å²) in [7, 11) is 1.39. The van der Waals surface area contributed by atoms with E-state index in [0.717, 1.165) is 10.5 Å². The second kappa shape index (κ2) is 10.1. The van der Waals surface area contributed by atoms with Gasteiger partial charge in [0.2, 0.25) is 5.91 Å². The Balaban J connectivity index is 1.67. The van der Waals surface area contributed by atoms with Gasteiger partial charge in [0.05, 0.1) is 6.54 Å². The van der Waals surface area contributed by atoms with Gasteiger partial charge in [0.1, 0.15) is 5.82 Å². The molecular formula is C22H24N6O4. The number of anilines is 3. The SMILES string of the molecule is CN(C(=O)CCNC(=O)Nc1ccccc1)c1c(N)n(Cc2ccccc2)c(=O)[nH]c1=O. The minimum Gasteiger partial charge on any atom is -0.383 e. The maximum atomic E-state index is 12.6. The van der Waals surface area contributed by atoms with Gasteiger partial charge in [-0.05, 0) is 17.7 Å². The first-order chi connectivity index (χ1) is 15.4. The first kappa shape index (κ1) is 22.3. The van der Waals surface area contributed by atoms with Gasteiger partial charge in [-0.25, -0.2) is 9.59 Å². The normalized spacial score (nSPS) is 10.4. The van der Waals surface area contributed by atoms with Crippen LogP contribution in [0.25, 0.3) is 0 Å². The van der Waals surface area contributed by atoms with E-state index >= 15 is 0 Å². The first-order valence-corrected chi connectivity index (χ1v) is 9.90. The summed E-state index contributed by atoms with van der Waals surface area (Å²) in [4.78, 5) is 52.5. The number of aromatic nitrogens is 2. The van der Waals surface area contributed by atoms with Gasteiger partial charge in [-0.15, -0.1) is 0 Å². The van der Waals surface area contributed by atoms with E-state index in [0.29, 0.717) is 5.69 Å². The van der Waals surface area contributed by atoms with Crippen molar-refractivity contribution >= 4 is 29.1 Å². The lowest BCUT2D eigenvalue weighted by Crippen LogP contribution is -2.40. The van der Waals surface area contributed by atoms with Crippen LogP contribution >= 0.6 is 0 Å². The van der Waals surface area contributed by atoms with E-state index in [4.69, 9.17) is 5.73 Å². The maximum Gasteiger partial charge on any atom is 0.330 e. The summed E-state index contributed by atoms with van der Waals surface area (Å²) >= 11 is 0. The zero-order valence-electron chi connectivity index (χ0n) is 17.5. The summed E-state index contributed by atoms with van der Waals surface area (Å²) < 4.78 is 1.20. The smallest absolute Gasteiger partial charge is 0.330 e. The molecule has 0 aliphatic heterocycles. The maximum absolute atomic E-state index is 12.6. The topological polar surface area (TPSA) is 142 Å². The Morgan fingerprint density at radius 2 is 1.66 bits per heavy atom. The van der Waals surface area contributed by atoms with Crippen molar-refractivity contribution in [3.63, 3.8) is 0 Å². The molecule has 2 aromatic carbocycles. The summed E-state index contributed by atoms with van der Waals surface area (Å²) in [5.41, 5.74) is 5.98. The van der Waals surface area contributed by atoms with Crippen LogP contribution in [0.4, 0.5) is 22.0 Å². The number of amides is 3. The minimum atomic E-state index is -0.762. The fourth-order valence-electron chi connectivity index (χ4n) is 3.10. The molecule has 10 nitrogen and oxygen atoms in total. The van der Waals surface area contributed by atoms with Gasteiger partial charge in [0, 0.05) is 25.7 Å². The van der Waals surface area contributed by atoms with E-state index in [1.54, 1.807) is 24.3 Å². The third kappa shape index (κ3) is 5.42. The van der Waals surface area contributed by atoms with Crippen molar-refractivity contribution in [2.75, 3.05) is 29.5 Å². The van der Waals surface area contributed by atoms with Crippen molar-refractivity contribution in [2.24, 2.45) is 0 Å². The average Bonchev–Trinajstić information content (AvgIpc) is 2.77. The zero-order valence-corrected chi connectivity index (χ0v) is 17.5. The molecule has 166 valence electrons. The fraction of sp³-hybridized carbons (Fsp3) is 0.182. The Hall–Kier alpha value is -4.34. The number of benzene rings is 2. The molecule has 5 N–H and O–H groups in total. The first-order valence-electron chi connectivity index (χ1n) is 9.90. The molecule has 0 spiro atoms. The molecule has 10 heteroatoms. The molecule has 0 saturated carbocycles. The van der Waals surface area contributed by atoms with Gasteiger partial charge in [0.15, 0.2) is 5.69 Å². The van der Waals surface area contributed by atoms with E-state index in [-0.39, 0.29) is 31.0 Å². The number of urea groups is 1. The Labute approximate surface area is 183 Å². The molecule has 0 bridgehead atoms. The summed E-state index contributed by atoms with van der Waals surface area (Å²) in [6.07, 6.45) is -0.0740. The van der Waals surface area contributed by atoms with Crippen LogP contribution in [-0.2, 0) is 11.3 Å². The molecule has 0 radical (unpaired) electrons. The van der Waals surface area contributed by atoms with Crippen molar-refractivity contribution in [1.29, 1.82) is 0 Å². The highest BCUT2D eigenvalue weighted by Gasteiger charge is 2.21. The van der Waals surface area contributed by atoms with Gasteiger partial charge >= 0.3 is 11.7 Å². The van der Waals surface area contributed by atoms with Crippen LogP contribution in [0.2, 0.25) is 0 Å². The molecule has 0 aliphatic carbocycles. The minimum absolute atomic E-state index is 0.0449. The van der Waals surface area contributed by atoms with E-state index < -0.39 is 23.2 Å². The fourth-order valence-corrected chi connectivity index (χ4v) is 3.10. The number of carbonyl (C=O) groups excluding carboxylic acids is 2. The van der Waals surface area contributed by atoms with Crippen LogP contribution in [0.1, 0.15) is 12.0 Å². The van der Waals surface area contributed by atoms with Crippen LogP contribution in [0, 0.1) is 0 Å². The number of nitrogens with two attached hydrogens (primary N) is 1. The number of rotatable bonds is 7. The highest BCUT2D eigenvalue weighted by atomic mass is 16.2. The monoisotopic (exact) mass is 436 g/mol. The highest BCUT2D eigenvalue weighted by Crippen LogP contribution is 2.17.